The molecule has 128 valence electrons. The molecule has 3 rings (SSSR count). The molecule has 0 saturated heterocycles. The van der Waals surface area contributed by atoms with E-state index in [-0.39, 0.29) is 12.4 Å². The molecule has 0 radical (unpaired) electrons. The molecule has 5 N–H and O–H groups in total. The molecule has 0 unspecified atom stereocenters. The van der Waals surface area contributed by atoms with Gasteiger partial charge in [0.15, 0.2) is 0 Å². The van der Waals surface area contributed by atoms with Gasteiger partial charge in [-0.05, 0) is 49.8 Å². The fourth-order valence-electron chi connectivity index (χ4n) is 3.56. The number of anilines is 1. The van der Waals surface area contributed by atoms with E-state index in [1.807, 2.05) is 29.2 Å². The molecule has 1 aliphatic heterocycles. The van der Waals surface area contributed by atoms with Crippen molar-refractivity contribution < 1.29 is 9.90 Å². The lowest BCUT2D eigenvalue weighted by atomic mass is 9.87. The second-order valence-electron chi connectivity index (χ2n) is 6.38. The van der Waals surface area contributed by atoms with Crippen molar-refractivity contribution in [1.29, 1.82) is 0 Å². The van der Waals surface area contributed by atoms with Gasteiger partial charge in [0, 0.05) is 12.1 Å². The Kier molecular flexibility index (Phi) is 4.42. The van der Waals surface area contributed by atoms with Gasteiger partial charge in [-0.25, -0.2) is 4.99 Å². The zero-order valence-electron chi connectivity index (χ0n) is 13.6. The van der Waals surface area contributed by atoms with Crippen molar-refractivity contribution in [2.24, 2.45) is 21.5 Å². The van der Waals surface area contributed by atoms with E-state index in [9.17, 15) is 4.79 Å². The van der Waals surface area contributed by atoms with Gasteiger partial charge in [0.25, 0.3) is 0 Å². The summed E-state index contributed by atoms with van der Waals surface area (Å²) >= 11 is 0. The van der Waals surface area contributed by atoms with Crippen LogP contribution in [0.2, 0.25) is 0 Å². The van der Waals surface area contributed by atoms with Gasteiger partial charge in [0.1, 0.15) is 5.66 Å². The third kappa shape index (κ3) is 3.20. The smallest absolute Gasteiger partial charge is 0.303 e. The first-order chi connectivity index (χ1) is 11.5. The summed E-state index contributed by atoms with van der Waals surface area (Å²) in [6, 6.07) is 7.77. The summed E-state index contributed by atoms with van der Waals surface area (Å²) in [6.45, 7) is 0. The average molecular weight is 329 g/mol. The van der Waals surface area contributed by atoms with Gasteiger partial charge < -0.3 is 16.6 Å². The molecule has 2 aliphatic rings. The maximum absolute atomic E-state index is 10.7. The molecule has 0 aromatic heterocycles. The summed E-state index contributed by atoms with van der Waals surface area (Å²) in [5.74, 6) is -0.191. The molecule has 1 heterocycles. The molecule has 1 aromatic carbocycles. The van der Waals surface area contributed by atoms with E-state index in [4.69, 9.17) is 16.6 Å². The lowest BCUT2D eigenvalue weighted by Gasteiger charge is -2.45. The molecule has 1 fully saturated rings. The number of aliphatic carboxylic acids is 1. The number of aliphatic imine (C=N–C) groups is 2. The first-order valence-corrected chi connectivity index (χ1v) is 8.31. The Labute approximate surface area is 141 Å². The molecular formula is C17H23N5O2. The number of carboxylic acids is 1. The van der Waals surface area contributed by atoms with Crippen LogP contribution in [0, 0.1) is 0 Å². The number of nitrogens with zero attached hydrogens (tertiary/aromatic N) is 3. The van der Waals surface area contributed by atoms with Crippen LogP contribution in [0.15, 0.2) is 34.3 Å². The standard InChI is InChI=1S/C17H23N5O2/c18-15-20-16(19)22(17(21-15)10-2-1-3-11-17)13-7-4-12(5-8-13)6-9-14(23)24/h4-5,7-8H,1-3,6,9-11H2,(H,23,24)(H4,18,19,20,21). The lowest BCUT2D eigenvalue weighted by Crippen LogP contribution is -2.58. The molecule has 1 aromatic rings. The third-order valence-corrected chi connectivity index (χ3v) is 4.67. The molecule has 7 nitrogen and oxygen atoms in total. The van der Waals surface area contributed by atoms with E-state index >= 15 is 0 Å². The van der Waals surface area contributed by atoms with Gasteiger partial charge in [0.2, 0.25) is 11.9 Å². The van der Waals surface area contributed by atoms with Crippen LogP contribution in [0.3, 0.4) is 0 Å². The molecule has 24 heavy (non-hydrogen) atoms. The zero-order valence-corrected chi connectivity index (χ0v) is 13.6. The van der Waals surface area contributed by atoms with E-state index in [0.717, 1.165) is 36.9 Å². The summed E-state index contributed by atoms with van der Waals surface area (Å²) in [4.78, 5) is 21.5. The predicted octanol–water partition coefficient (Wildman–Crippen LogP) is 1.81. The van der Waals surface area contributed by atoms with E-state index in [1.165, 1.54) is 6.42 Å². The van der Waals surface area contributed by atoms with Gasteiger partial charge in [-0.2, -0.15) is 4.99 Å². The number of hydrogen-bond acceptors (Lipinski definition) is 6. The Morgan fingerprint density at radius 3 is 2.46 bits per heavy atom. The molecular weight excluding hydrogens is 306 g/mol. The van der Waals surface area contributed by atoms with Crippen molar-refractivity contribution in [2.45, 2.75) is 50.6 Å². The van der Waals surface area contributed by atoms with Crippen LogP contribution in [0.5, 0.6) is 0 Å². The number of rotatable bonds is 4. The Balaban J connectivity index is 1.88. The monoisotopic (exact) mass is 329 g/mol. The number of carbonyl (C=O) groups is 1. The van der Waals surface area contributed by atoms with Crippen LogP contribution < -0.4 is 16.4 Å². The van der Waals surface area contributed by atoms with Gasteiger partial charge in [0.05, 0.1) is 0 Å². The molecule has 0 atom stereocenters. The second-order valence-corrected chi connectivity index (χ2v) is 6.38. The summed E-state index contributed by atoms with van der Waals surface area (Å²) < 4.78 is 0. The zero-order chi connectivity index (χ0) is 17.2. The number of carboxylic acid groups (broad SMARTS) is 1. The maximum Gasteiger partial charge on any atom is 0.303 e. The van der Waals surface area contributed by atoms with Crippen LogP contribution in [0.1, 0.15) is 44.1 Å². The minimum atomic E-state index is -0.794. The fourth-order valence-corrected chi connectivity index (χ4v) is 3.56. The van der Waals surface area contributed by atoms with Crippen LogP contribution in [0.25, 0.3) is 0 Å². The molecule has 1 saturated carbocycles. The molecule has 0 amide bonds. The Hall–Kier alpha value is -2.57. The van der Waals surface area contributed by atoms with Crippen LogP contribution in [0.4, 0.5) is 5.69 Å². The highest BCUT2D eigenvalue weighted by Crippen LogP contribution is 2.39. The number of nitrogens with two attached hydrogens (primary N) is 2. The highest BCUT2D eigenvalue weighted by molar-refractivity contribution is 6.05. The first kappa shape index (κ1) is 16.3. The summed E-state index contributed by atoms with van der Waals surface area (Å²) in [5.41, 5.74) is 13.5. The van der Waals surface area contributed by atoms with Gasteiger partial charge >= 0.3 is 5.97 Å². The van der Waals surface area contributed by atoms with E-state index < -0.39 is 11.6 Å². The van der Waals surface area contributed by atoms with Gasteiger partial charge in [-0.15, -0.1) is 0 Å². The van der Waals surface area contributed by atoms with Crippen molar-refractivity contribution >= 4 is 23.6 Å². The Morgan fingerprint density at radius 2 is 1.83 bits per heavy atom. The minimum absolute atomic E-state index is 0.122. The van der Waals surface area contributed by atoms with Crippen molar-refractivity contribution in [3.05, 3.63) is 29.8 Å². The molecule has 0 bridgehead atoms. The highest BCUT2D eigenvalue weighted by Gasteiger charge is 2.42. The quantitative estimate of drug-likeness (QED) is 0.779. The molecule has 7 heteroatoms. The second kappa shape index (κ2) is 6.51. The van der Waals surface area contributed by atoms with E-state index in [2.05, 4.69) is 9.98 Å². The van der Waals surface area contributed by atoms with Crippen molar-refractivity contribution in [3.8, 4) is 0 Å². The summed E-state index contributed by atoms with van der Waals surface area (Å²) in [5, 5.41) is 8.79. The average Bonchev–Trinajstić information content (AvgIpc) is 2.54. The number of benzene rings is 1. The number of hydrogen-bond donors (Lipinski definition) is 3. The predicted molar refractivity (Wildman–Crippen MR) is 93.9 cm³/mol. The number of guanidine groups is 2. The summed E-state index contributed by atoms with van der Waals surface area (Å²) in [7, 11) is 0. The first-order valence-electron chi connectivity index (χ1n) is 8.31. The SMILES string of the molecule is NC1=NC2(CCCCC2)N(c2ccc(CCC(=O)O)cc2)C(N)=N1. The van der Waals surface area contributed by atoms with Crippen LogP contribution in [-0.2, 0) is 11.2 Å². The maximum atomic E-state index is 10.7. The summed E-state index contributed by atoms with van der Waals surface area (Å²) in [6.07, 6.45) is 5.77. The highest BCUT2D eigenvalue weighted by atomic mass is 16.4. The van der Waals surface area contributed by atoms with E-state index in [0.29, 0.717) is 12.4 Å². The lowest BCUT2D eigenvalue weighted by molar-refractivity contribution is -0.136. The van der Waals surface area contributed by atoms with Crippen molar-refractivity contribution in [3.63, 3.8) is 0 Å². The van der Waals surface area contributed by atoms with Gasteiger partial charge in [-0.3, -0.25) is 9.69 Å². The van der Waals surface area contributed by atoms with Crippen molar-refractivity contribution in [1.82, 2.24) is 0 Å². The fraction of sp³-hybridized carbons (Fsp3) is 0.471. The normalized spacial score (nSPS) is 19.8. The van der Waals surface area contributed by atoms with Crippen molar-refractivity contribution in [2.75, 3.05) is 4.90 Å². The topological polar surface area (TPSA) is 117 Å². The largest absolute Gasteiger partial charge is 0.481 e. The minimum Gasteiger partial charge on any atom is -0.481 e. The third-order valence-electron chi connectivity index (χ3n) is 4.67. The Morgan fingerprint density at radius 1 is 1.17 bits per heavy atom. The molecule has 1 spiro atoms. The van der Waals surface area contributed by atoms with Crippen LogP contribution in [-0.4, -0.2) is 28.7 Å². The van der Waals surface area contributed by atoms with Gasteiger partial charge in [-0.1, -0.05) is 18.6 Å². The number of aryl methyl sites for hydroxylation is 1. The molecule has 1 aliphatic carbocycles. The Bertz CT molecular complexity index is 675. The van der Waals surface area contributed by atoms with E-state index in [1.54, 1.807) is 0 Å². The van der Waals surface area contributed by atoms with Crippen LogP contribution >= 0.6 is 0 Å².